The van der Waals surface area contributed by atoms with Crippen LogP contribution in [0.5, 0.6) is 0 Å². The minimum Gasteiger partial charge on any atom is -0.454 e. The van der Waals surface area contributed by atoms with E-state index in [1.807, 2.05) is 0 Å². The molecule has 0 N–H and O–H groups in total. The van der Waals surface area contributed by atoms with Gasteiger partial charge in [-0.1, -0.05) is 103 Å². The van der Waals surface area contributed by atoms with Crippen molar-refractivity contribution in [2.45, 2.75) is 110 Å². The zero-order chi connectivity index (χ0) is 16.3. The Morgan fingerprint density at radius 1 is 0.636 bits per heavy atom. The van der Waals surface area contributed by atoms with E-state index in [4.69, 9.17) is 4.74 Å². The van der Waals surface area contributed by atoms with Crippen molar-refractivity contribution >= 4 is 17.9 Å². The van der Waals surface area contributed by atoms with Crippen LogP contribution in [0.2, 0.25) is 0 Å². The first-order valence-electron chi connectivity index (χ1n) is 9.61. The number of unbranched alkanes of at least 4 members (excludes halogenated alkanes) is 15. The Bertz CT molecular complexity index is 231. The SMILES string of the molecule is CCCCCCCCCCCCCCCCCCOC(=O)[S]. The highest BCUT2D eigenvalue weighted by Crippen LogP contribution is 2.13. The van der Waals surface area contributed by atoms with Gasteiger partial charge in [0.25, 0.3) is 0 Å². The zero-order valence-corrected chi connectivity index (χ0v) is 15.6. The van der Waals surface area contributed by atoms with Gasteiger partial charge in [-0.05, 0) is 6.42 Å². The number of hydrogen-bond donors (Lipinski definition) is 0. The average molecular weight is 330 g/mol. The summed E-state index contributed by atoms with van der Waals surface area (Å²) in [6.07, 6.45) is 21.7. The Balaban J connectivity index is 2.95. The summed E-state index contributed by atoms with van der Waals surface area (Å²) in [6.45, 7) is 2.78. The second-order valence-corrected chi connectivity index (χ2v) is 6.74. The first-order chi connectivity index (χ1) is 10.8. The van der Waals surface area contributed by atoms with Crippen molar-refractivity contribution in [3.63, 3.8) is 0 Å². The minimum atomic E-state index is -0.569. The quantitative estimate of drug-likeness (QED) is 0.203. The van der Waals surface area contributed by atoms with Crippen molar-refractivity contribution < 1.29 is 9.53 Å². The molecule has 0 unspecified atom stereocenters. The van der Waals surface area contributed by atoms with Crippen LogP contribution in [0.3, 0.4) is 0 Å². The standard InChI is InChI=1S/C19H37O2S/c1-2-3-4-5-6-7-8-9-10-11-12-13-14-15-16-17-18-21-19(20)22/h2-18H2,1H3. The van der Waals surface area contributed by atoms with E-state index < -0.39 is 5.30 Å². The third-order valence-electron chi connectivity index (χ3n) is 4.22. The summed E-state index contributed by atoms with van der Waals surface area (Å²) in [4.78, 5) is 10.4. The molecular formula is C19H37O2S. The van der Waals surface area contributed by atoms with Crippen LogP contribution < -0.4 is 0 Å². The van der Waals surface area contributed by atoms with E-state index in [0.717, 1.165) is 12.8 Å². The fourth-order valence-corrected chi connectivity index (χ4v) is 2.89. The van der Waals surface area contributed by atoms with Gasteiger partial charge in [0.15, 0.2) is 0 Å². The normalized spacial score (nSPS) is 10.8. The van der Waals surface area contributed by atoms with Gasteiger partial charge in [0, 0.05) is 12.6 Å². The predicted octanol–water partition coefficient (Wildman–Crippen LogP) is 7.58. The van der Waals surface area contributed by atoms with E-state index in [9.17, 15) is 4.79 Å². The van der Waals surface area contributed by atoms with Gasteiger partial charge in [0.1, 0.15) is 0 Å². The number of rotatable bonds is 17. The number of hydrogen-bond acceptors (Lipinski definition) is 2. The lowest BCUT2D eigenvalue weighted by Gasteiger charge is -2.03. The van der Waals surface area contributed by atoms with E-state index in [1.54, 1.807) is 0 Å². The molecule has 131 valence electrons. The van der Waals surface area contributed by atoms with Gasteiger partial charge < -0.3 is 4.74 Å². The lowest BCUT2D eigenvalue weighted by molar-refractivity contribution is 0.173. The molecule has 0 spiro atoms. The van der Waals surface area contributed by atoms with Crippen molar-refractivity contribution in [1.82, 2.24) is 0 Å². The fraction of sp³-hybridized carbons (Fsp3) is 0.947. The molecule has 2 nitrogen and oxygen atoms in total. The topological polar surface area (TPSA) is 26.3 Å². The van der Waals surface area contributed by atoms with Crippen LogP contribution in [0.15, 0.2) is 0 Å². The Morgan fingerprint density at radius 3 is 1.27 bits per heavy atom. The summed E-state index contributed by atoms with van der Waals surface area (Å²) in [7, 11) is 0. The minimum absolute atomic E-state index is 0.501. The molecule has 0 heterocycles. The smallest absolute Gasteiger partial charge is 0.400 e. The van der Waals surface area contributed by atoms with Crippen molar-refractivity contribution in [3.05, 3.63) is 0 Å². The fourth-order valence-electron chi connectivity index (χ4n) is 2.81. The Morgan fingerprint density at radius 2 is 0.955 bits per heavy atom. The highest BCUT2D eigenvalue weighted by molar-refractivity contribution is 7.96. The van der Waals surface area contributed by atoms with E-state index in [1.165, 1.54) is 89.9 Å². The molecule has 0 fully saturated rings. The second kappa shape index (κ2) is 18.7. The van der Waals surface area contributed by atoms with Gasteiger partial charge in [-0.3, -0.25) is 0 Å². The van der Waals surface area contributed by atoms with Crippen LogP contribution in [0.1, 0.15) is 110 Å². The molecule has 22 heavy (non-hydrogen) atoms. The molecule has 0 atom stereocenters. The third kappa shape index (κ3) is 19.7. The molecule has 0 saturated carbocycles. The van der Waals surface area contributed by atoms with Crippen LogP contribution in [0.4, 0.5) is 4.79 Å². The lowest BCUT2D eigenvalue weighted by atomic mass is 10.0. The summed E-state index contributed by atoms with van der Waals surface area (Å²) in [6, 6.07) is 0. The number of ether oxygens (including phenoxy) is 1. The summed E-state index contributed by atoms with van der Waals surface area (Å²) in [5.41, 5.74) is 0. The number of carbonyl (C=O) groups excluding carboxylic acids is 1. The Kier molecular flexibility index (Phi) is 18.5. The van der Waals surface area contributed by atoms with Gasteiger partial charge in [-0.2, -0.15) is 0 Å². The summed E-state index contributed by atoms with van der Waals surface area (Å²) >= 11 is 4.33. The summed E-state index contributed by atoms with van der Waals surface area (Å²) in [5, 5.41) is -0.569. The van der Waals surface area contributed by atoms with Gasteiger partial charge in [0.2, 0.25) is 0 Å². The van der Waals surface area contributed by atoms with Crippen molar-refractivity contribution in [3.8, 4) is 0 Å². The predicted molar refractivity (Wildman–Crippen MR) is 98.5 cm³/mol. The van der Waals surface area contributed by atoms with Crippen LogP contribution in [0, 0.1) is 0 Å². The molecule has 0 aliphatic carbocycles. The Hall–Kier alpha value is -0.310. The number of carbonyl (C=O) groups is 1. The average Bonchev–Trinajstić information content (AvgIpc) is 2.50. The first-order valence-corrected chi connectivity index (χ1v) is 10.0. The van der Waals surface area contributed by atoms with Gasteiger partial charge in [-0.25, -0.2) is 4.79 Å². The monoisotopic (exact) mass is 329 g/mol. The maximum absolute atomic E-state index is 10.4. The highest BCUT2D eigenvalue weighted by atomic mass is 32.1. The lowest BCUT2D eigenvalue weighted by Crippen LogP contribution is -1.96. The van der Waals surface area contributed by atoms with E-state index >= 15 is 0 Å². The second-order valence-electron chi connectivity index (χ2n) is 6.40. The van der Waals surface area contributed by atoms with Crippen molar-refractivity contribution in [2.24, 2.45) is 0 Å². The molecule has 0 aliphatic rings. The summed E-state index contributed by atoms with van der Waals surface area (Å²) < 4.78 is 4.74. The van der Waals surface area contributed by atoms with E-state index in [2.05, 4.69) is 19.6 Å². The molecule has 3 heteroatoms. The summed E-state index contributed by atoms with van der Waals surface area (Å²) in [5.74, 6) is 0. The first kappa shape index (κ1) is 21.7. The van der Waals surface area contributed by atoms with E-state index in [-0.39, 0.29) is 0 Å². The molecule has 0 amide bonds. The Labute approximate surface area is 144 Å². The maximum Gasteiger partial charge on any atom is 0.400 e. The van der Waals surface area contributed by atoms with Crippen molar-refractivity contribution in [1.29, 1.82) is 0 Å². The van der Waals surface area contributed by atoms with E-state index in [0.29, 0.717) is 6.61 Å². The molecule has 1 radical (unpaired) electrons. The van der Waals surface area contributed by atoms with Crippen LogP contribution in [-0.4, -0.2) is 11.9 Å². The van der Waals surface area contributed by atoms with Gasteiger partial charge in [-0.15, -0.1) is 0 Å². The maximum atomic E-state index is 10.4. The molecule has 0 aliphatic heterocycles. The van der Waals surface area contributed by atoms with Crippen LogP contribution in [0.25, 0.3) is 0 Å². The molecule has 0 bridgehead atoms. The van der Waals surface area contributed by atoms with Gasteiger partial charge >= 0.3 is 5.30 Å². The molecule has 0 rings (SSSR count). The largest absolute Gasteiger partial charge is 0.454 e. The molecule has 0 aromatic heterocycles. The molecule has 0 aromatic carbocycles. The molecule has 0 aromatic rings. The molecule has 0 saturated heterocycles. The zero-order valence-electron chi connectivity index (χ0n) is 14.7. The van der Waals surface area contributed by atoms with Crippen LogP contribution >= 0.6 is 12.6 Å². The highest BCUT2D eigenvalue weighted by Gasteiger charge is 1.96. The molecular weight excluding hydrogens is 292 g/mol. The third-order valence-corrected chi connectivity index (χ3v) is 4.34. The van der Waals surface area contributed by atoms with Crippen LogP contribution in [-0.2, 0) is 4.74 Å². The van der Waals surface area contributed by atoms with Crippen molar-refractivity contribution in [2.75, 3.05) is 6.61 Å². The van der Waals surface area contributed by atoms with Gasteiger partial charge in [0.05, 0.1) is 6.61 Å².